The average Bonchev–Trinajstić information content (AvgIpc) is 2.74. The van der Waals surface area contributed by atoms with Gasteiger partial charge in [-0.05, 0) is 12.1 Å². The van der Waals surface area contributed by atoms with Gasteiger partial charge in [0.25, 0.3) is 0 Å². The summed E-state index contributed by atoms with van der Waals surface area (Å²) >= 11 is 0. The van der Waals surface area contributed by atoms with Crippen molar-refractivity contribution in [2.45, 2.75) is 19.1 Å². The summed E-state index contributed by atoms with van der Waals surface area (Å²) in [7, 11) is 1.49. The molecule has 1 aromatic rings. The van der Waals surface area contributed by atoms with E-state index < -0.39 is 12.6 Å². The van der Waals surface area contributed by atoms with Gasteiger partial charge in [0.2, 0.25) is 0 Å². The van der Waals surface area contributed by atoms with E-state index in [1.165, 1.54) is 13.3 Å². The van der Waals surface area contributed by atoms with Gasteiger partial charge in [0.05, 0.1) is 19.2 Å². The minimum absolute atomic E-state index is 0.207. The molecule has 4 nitrogen and oxygen atoms in total. The van der Waals surface area contributed by atoms with Crippen LogP contribution in [0.4, 0.5) is 13.2 Å². The Labute approximate surface area is 96.9 Å². The predicted molar refractivity (Wildman–Crippen MR) is 57.6 cm³/mol. The molecule has 0 unspecified atom stereocenters. The zero-order valence-corrected chi connectivity index (χ0v) is 9.34. The number of halogens is 3. The summed E-state index contributed by atoms with van der Waals surface area (Å²) in [6.07, 6.45) is -3.53. The van der Waals surface area contributed by atoms with Gasteiger partial charge in [0.1, 0.15) is 5.76 Å². The van der Waals surface area contributed by atoms with E-state index in [-0.39, 0.29) is 6.54 Å². The summed E-state index contributed by atoms with van der Waals surface area (Å²) in [6, 6.07) is 3.49. The van der Waals surface area contributed by atoms with Crippen molar-refractivity contribution in [2.75, 3.05) is 13.6 Å². The summed E-state index contributed by atoms with van der Waals surface area (Å²) in [5, 5.41) is 5.40. The fourth-order valence-electron chi connectivity index (χ4n) is 1.13. The molecular weight excluding hydrogens is 235 g/mol. The second kappa shape index (κ2) is 6.17. The maximum atomic E-state index is 11.9. The zero-order chi connectivity index (χ0) is 12.7. The highest BCUT2D eigenvalue weighted by atomic mass is 19.4. The number of hydrogen-bond acceptors (Lipinski definition) is 2. The molecule has 96 valence electrons. The van der Waals surface area contributed by atoms with Crippen molar-refractivity contribution >= 4 is 5.96 Å². The van der Waals surface area contributed by atoms with Crippen LogP contribution in [0.3, 0.4) is 0 Å². The molecule has 1 rings (SSSR count). The van der Waals surface area contributed by atoms with E-state index in [2.05, 4.69) is 15.6 Å². The summed E-state index contributed by atoms with van der Waals surface area (Å²) < 4.78 is 40.8. The van der Waals surface area contributed by atoms with Gasteiger partial charge in [-0.3, -0.25) is 4.99 Å². The van der Waals surface area contributed by atoms with E-state index in [9.17, 15) is 13.2 Å². The molecule has 1 heterocycles. The van der Waals surface area contributed by atoms with Crippen LogP contribution in [-0.4, -0.2) is 25.7 Å². The van der Waals surface area contributed by atoms with E-state index in [1.54, 1.807) is 12.1 Å². The van der Waals surface area contributed by atoms with Crippen molar-refractivity contribution < 1.29 is 17.6 Å². The summed E-state index contributed by atoms with van der Waals surface area (Å²) in [5.41, 5.74) is 0. The van der Waals surface area contributed by atoms with E-state index in [1.807, 2.05) is 0 Å². The van der Waals surface area contributed by atoms with Crippen LogP contribution in [-0.2, 0) is 6.54 Å². The van der Waals surface area contributed by atoms with Crippen molar-refractivity contribution in [1.29, 1.82) is 0 Å². The number of alkyl halides is 3. The van der Waals surface area contributed by atoms with Crippen LogP contribution in [0, 0.1) is 0 Å². The Bertz CT molecular complexity index is 346. The summed E-state index contributed by atoms with van der Waals surface area (Å²) in [6.45, 7) is 0.167. The lowest BCUT2D eigenvalue weighted by molar-refractivity contribution is -0.132. The maximum absolute atomic E-state index is 11.9. The fourth-order valence-corrected chi connectivity index (χ4v) is 1.13. The quantitative estimate of drug-likeness (QED) is 0.633. The molecule has 0 spiro atoms. The van der Waals surface area contributed by atoms with Crippen molar-refractivity contribution in [2.24, 2.45) is 4.99 Å². The predicted octanol–water partition coefficient (Wildman–Crippen LogP) is 1.90. The number of rotatable bonds is 4. The third kappa shape index (κ3) is 5.84. The number of guanidine groups is 1. The third-order valence-corrected chi connectivity index (χ3v) is 1.93. The first-order chi connectivity index (χ1) is 8.01. The molecule has 0 atom stereocenters. The third-order valence-electron chi connectivity index (χ3n) is 1.93. The second-order valence-corrected chi connectivity index (χ2v) is 3.30. The molecule has 0 saturated heterocycles. The van der Waals surface area contributed by atoms with Crippen LogP contribution in [0.2, 0.25) is 0 Å². The molecule has 0 radical (unpaired) electrons. The van der Waals surface area contributed by atoms with E-state index in [4.69, 9.17) is 4.42 Å². The average molecular weight is 249 g/mol. The number of hydrogen-bond donors (Lipinski definition) is 2. The van der Waals surface area contributed by atoms with Crippen LogP contribution in [0.1, 0.15) is 12.2 Å². The molecule has 0 saturated carbocycles. The van der Waals surface area contributed by atoms with Crippen LogP contribution < -0.4 is 10.6 Å². The molecule has 0 fully saturated rings. The molecule has 0 bridgehead atoms. The maximum Gasteiger partial charge on any atom is 0.390 e. The number of nitrogens with one attached hydrogen (secondary N) is 2. The van der Waals surface area contributed by atoms with Crippen molar-refractivity contribution in [3.8, 4) is 0 Å². The highest BCUT2D eigenvalue weighted by molar-refractivity contribution is 5.79. The SMILES string of the molecule is CN=C(NCCC(F)(F)F)NCc1ccco1. The Hall–Kier alpha value is -1.66. The lowest BCUT2D eigenvalue weighted by atomic mass is 10.4. The fraction of sp³-hybridized carbons (Fsp3) is 0.500. The van der Waals surface area contributed by atoms with Gasteiger partial charge in [0.15, 0.2) is 5.96 Å². The zero-order valence-electron chi connectivity index (χ0n) is 9.34. The van der Waals surface area contributed by atoms with Gasteiger partial charge in [0, 0.05) is 13.6 Å². The molecule has 1 aromatic heterocycles. The van der Waals surface area contributed by atoms with Gasteiger partial charge in [-0.25, -0.2) is 0 Å². The Kier molecular flexibility index (Phi) is 4.86. The molecule has 0 aliphatic heterocycles. The van der Waals surface area contributed by atoms with Crippen LogP contribution >= 0.6 is 0 Å². The van der Waals surface area contributed by atoms with E-state index in [0.29, 0.717) is 18.3 Å². The van der Waals surface area contributed by atoms with Crippen LogP contribution in [0.25, 0.3) is 0 Å². The molecule has 0 amide bonds. The van der Waals surface area contributed by atoms with Gasteiger partial charge in [-0.2, -0.15) is 13.2 Å². The van der Waals surface area contributed by atoms with Crippen molar-refractivity contribution in [1.82, 2.24) is 10.6 Å². The van der Waals surface area contributed by atoms with Gasteiger partial charge in [-0.15, -0.1) is 0 Å². The van der Waals surface area contributed by atoms with Crippen LogP contribution in [0.15, 0.2) is 27.8 Å². The molecule has 17 heavy (non-hydrogen) atoms. The molecular formula is C10H14F3N3O. The Morgan fingerprint density at radius 1 is 1.41 bits per heavy atom. The smallest absolute Gasteiger partial charge is 0.390 e. The van der Waals surface area contributed by atoms with Gasteiger partial charge in [-0.1, -0.05) is 0 Å². The molecule has 0 aliphatic carbocycles. The van der Waals surface area contributed by atoms with Crippen LogP contribution in [0.5, 0.6) is 0 Å². The second-order valence-electron chi connectivity index (χ2n) is 3.30. The first kappa shape index (κ1) is 13.4. The lowest BCUT2D eigenvalue weighted by Crippen LogP contribution is -2.38. The minimum atomic E-state index is -4.16. The molecule has 0 aromatic carbocycles. The first-order valence-electron chi connectivity index (χ1n) is 5.05. The normalized spacial score (nSPS) is 12.6. The highest BCUT2D eigenvalue weighted by Gasteiger charge is 2.26. The largest absolute Gasteiger partial charge is 0.467 e. The minimum Gasteiger partial charge on any atom is -0.467 e. The monoisotopic (exact) mass is 249 g/mol. The van der Waals surface area contributed by atoms with E-state index in [0.717, 1.165) is 0 Å². The number of nitrogens with zero attached hydrogens (tertiary/aromatic N) is 1. The van der Waals surface area contributed by atoms with Crippen molar-refractivity contribution in [3.05, 3.63) is 24.2 Å². The molecule has 2 N–H and O–H groups in total. The first-order valence-corrected chi connectivity index (χ1v) is 5.05. The Balaban J connectivity index is 2.25. The Morgan fingerprint density at radius 3 is 2.71 bits per heavy atom. The lowest BCUT2D eigenvalue weighted by Gasteiger charge is -2.11. The van der Waals surface area contributed by atoms with Gasteiger partial charge >= 0.3 is 6.18 Å². The highest BCUT2D eigenvalue weighted by Crippen LogP contribution is 2.17. The van der Waals surface area contributed by atoms with E-state index >= 15 is 0 Å². The summed E-state index contributed by atoms with van der Waals surface area (Å²) in [4.78, 5) is 3.79. The number of aliphatic imine (C=N–C) groups is 1. The topological polar surface area (TPSA) is 49.6 Å². The Morgan fingerprint density at radius 2 is 2.18 bits per heavy atom. The number of furan rings is 1. The standard InChI is InChI=1S/C10H14F3N3O/c1-14-9(15-5-4-10(11,12)13)16-7-8-3-2-6-17-8/h2-3,6H,4-5,7H2,1H3,(H2,14,15,16). The molecule has 0 aliphatic rings. The summed E-state index contributed by atoms with van der Waals surface area (Å²) in [5.74, 6) is 0.995. The van der Waals surface area contributed by atoms with Crippen molar-refractivity contribution in [3.63, 3.8) is 0 Å². The molecule has 7 heteroatoms. The van der Waals surface area contributed by atoms with Gasteiger partial charge < -0.3 is 15.1 Å².